The van der Waals surface area contributed by atoms with E-state index in [-0.39, 0.29) is 5.91 Å². The fourth-order valence-corrected chi connectivity index (χ4v) is 5.38. The monoisotopic (exact) mass is 442 g/mol. The number of hydrogen-bond acceptors (Lipinski definition) is 6. The summed E-state index contributed by atoms with van der Waals surface area (Å²) in [5.74, 6) is 0.0343. The molecule has 1 fully saturated rings. The summed E-state index contributed by atoms with van der Waals surface area (Å²) in [6, 6.07) is 4.28. The maximum Gasteiger partial charge on any atom is 0.240 e. The van der Waals surface area contributed by atoms with Crippen LogP contribution in [-0.4, -0.2) is 53.4 Å². The van der Waals surface area contributed by atoms with Gasteiger partial charge in [0.1, 0.15) is 0 Å². The van der Waals surface area contributed by atoms with E-state index in [1.165, 1.54) is 13.5 Å². The first-order valence-corrected chi connectivity index (χ1v) is 10.9. The van der Waals surface area contributed by atoms with Gasteiger partial charge < -0.3 is 5.32 Å². The number of piperazine rings is 1. The molecule has 0 atom stereocenters. The lowest BCUT2D eigenvalue weighted by molar-refractivity contribution is -0.117. The highest BCUT2D eigenvalue weighted by Crippen LogP contribution is 2.24. The van der Waals surface area contributed by atoms with Gasteiger partial charge in [0.05, 0.1) is 16.0 Å². The number of nitrogens with zero attached hydrogens (tertiary/aromatic N) is 3. The van der Waals surface area contributed by atoms with E-state index in [1.807, 2.05) is 0 Å². The Kier molecular flexibility index (Phi) is 6.62. The van der Waals surface area contributed by atoms with Crippen LogP contribution in [0, 0.1) is 6.92 Å². The Labute approximate surface area is 165 Å². The van der Waals surface area contributed by atoms with Crippen LogP contribution in [0.4, 0.5) is 5.13 Å². The molecule has 1 amide bonds. The topological polar surface area (TPSA) is 48.5 Å². The third-order valence-electron chi connectivity index (χ3n) is 4.31. The highest BCUT2D eigenvalue weighted by atomic mass is 79.9. The molecular formula is C17H23BrN4OS2. The van der Waals surface area contributed by atoms with Gasteiger partial charge in [0.25, 0.3) is 0 Å². The summed E-state index contributed by atoms with van der Waals surface area (Å²) < 4.78 is 1.18. The molecule has 0 saturated carbocycles. The molecule has 5 nitrogen and oxygen atoms in total. The summed E-state index contributed by atoms with van der Waals surface area (Å²) in [5, 5.41) is 3.67. The van der Waals surface area contributed by atoms with Crippen molar-refractivity contribution in [2.75, 3.05) is 38.0 Å². The Morgan fingerprint density at radius 2 is 1.96 bits per heavy atom. The van der Waals surface area contributed by atoms with E-state index in [4.69, 9.17) is 0 Å². The van der Waals surface area contributed by atoms with Crippen molar-refractivity contribution in [2.24, 2.45) is 0 Å². The van der Waals surface area contributed by atoms with Crippen molar-refractivity contribution in [3.8, 4) is 0 Å². The van der Waals surface area contributed by atoms with Crippen molar-refractivity contribution >= 4 is 49.6 Å². The second kappa shape index (κ2) is 8.73. The zero-order valence-corrected chi connectivity index (χ0v) is 17.8. The minimum atomic E-state index is 0.0343. The highest BCUT2D eigenvalue weighted by molar-refractivity contribution is 9.11. The summed E-state index contributed by atoms with van der Waals surface area (Å²) in [5.41, 5.74) is 1.08. The highest BCUT2D eigenvalue weighted by Gasteiger charge is 2.20. The zero-order chi connectivity index (χ0) is 17.8. The first kappa shape index (κ1) is 19.0. The lowest BCUT2D eigenvalue weighted by atomic mass is 10.3. The molecule has 1 aliphatic heterocycles. The van der Waals surface area contributed by atoms with Gasteiger partial charge in [-0.15, -0.1) is 22.7 Å². The van der Waals surface area contributed by atoms with Crippen molar-refractivity contribution in [3.63, 3.8) is 0 Å². The molecule has 8 heteroatoms. The second-order valence-corrected chi connectivity index (χ2v) is 9.93. The molecule has 0 unspecified atom stereocenters. The van der Waals surface area contributed by atoms with Gasteiger partial charge in [0.15, 0.2) is 5.13 Å². The summed E-state index contributed by atoms with van der Waals surface area (Å²) in [6.45, 7) is 9.43. The van der Waals surface area contributed by atoms with E-state index >= 15 is 0 Å². The smallest absolute Gasteiger partial charge is 0.240 e. The molecule has 1 aliphatic rings. The maximum atomic E-state index is 12.3. The number of aromatic nitrogens is 1. The van der Waals surface area contributed by atoms with Crippen LogP contribution in [0.25, 0.3) is 0 Å². The fraction of sp³-hybridized carbons (Fsp3) is 0.529. The standard InChI is InChI=1S/C17H23BrN4OS2/c1-3-14-12(2)24-17(19-14)20-16(23)11-22-8-6-21(7-9-22)10-13-4-5-15(18)25-13/h4-5H,3,6-11H2,1-2H3,(H,19,20,23). The number of rotatable bonds is 6. The van der Waals surface area contributed by atoms with E-state index in [0.717, 1.165) is 50.0 Å². The quantitative estimate of drug-likeness (QED) is 0.742. The molecule has 0 bridgehead atoms. The number of carbonyl (C=O) groups is 1. The van der Waals surface area contributed by atoms with Crippen molar-refractivity contribution < 1.29 is 4.79 Å². The zero-order valence-electron chi connectivity index (χ0n) is 14.5. The molecule has 2 aromatic heterocycles. The van der Waals surface area contributed by atoms with Crippen molar-refractivity contribution in [2.45, 2.75) is 26.8 Å². The van der Waals surface area contributed by atoms with Gasteiger partial charge in [-0.25, -0.2) is 4.98 Å². The molecule has 25 heavy (non-hydrogen) atoms. The summed E-state index contributed by atoms with van der Waals surface area (Å²) in [4.78, 5) is 24.0. The molecule has 0 aliphatic carbocycles. The minimum Gasteiger partial charge on any atom is -0.301 e. The Morgan fingerprint density at radius 1 is 1.24 bits per heavy atom. The number of aryl methyl sites for hydroxylation is 2. The van der Waals surface area contributed by atoms with Gasteiger partial charge in [0, 0.05) is 42.5 Å². The lowest BCUT2D eigenvalue weighted by Gasteiger charge is -2.33. The number of halogens is 1. The Bertz CT molecular complexity index is 722. The van der Waals surface area contributed by atoms with E-state index in [1.54, 1.807) is 22.7 Å². The fourth-order valence-electron chi connectivity index (χ4n) is 2.93. The van der Waals surface area contributed by atoms with Crippen LogP contribution >= 0.6 is 38.6 Å². The number of thiophene rings is 1. The van der Waals surface area contributed by atoms with Gasteiger partial charge in [0.2, 0.25) is 5.91 Å². The van der Waals surface area contributed by atoms with Crippen LogP contribution in [0.2, 0.25) is 0 Å². The van der Waals surface area contributed by atoms with E-state index < -0.39 is 0 Å². The van der Waals surface area contributed by atoms with Crippen molar-refractivity contribution in [1.29, 1.82) is 0 Å². The van der Waals surface area contributed by atoms with Crippen LogP contribution in [0.1, 0.15) is 22.4 Å². The maximum absolute atomic E-state index is 12.3. The van der Waals surface area contributed by atoms with Gasteiger partial charge >= 0.3 is 0 Å². The van der Waals surface area contributed by atoms with E-state index in [2.05, 4.69) is 62.0 Å². The van der Waals surface area contributed by atoms with E-state index in [0.29, 0.717) is 6.54 Å². The van der Waals surface area contributed by atoms with Crippen molar-refractivity contribution in [1.82, 2.24) is 14.8 Å². The Hall–Kier alpha value is -0.800. The van der Waals surface area contributed by atoms with Gasteiger partial charge in [-0.2, -0.15) is 0 Å². The van der Waals surface area contributed by atoms with Crippen LogP contribution in [0.15, 0.2) is 15.9 Å². The first-order valence-electron chi connectivity index (χ1n) is 8.48. The van der Waals surface area contributed by atoms with Gasteiger partial charge in [-0.3, -0.25) is 14.6 Å². The van der Waals surface area contributed by atoms with E-state index in [9.17, 15) is 4.79 Å². The van der Waals surface area contributed by atoms with Crippen LogP contribution in [0.3, 0.4) is 0 Å². The molecule has 3 rings (SSSR count). The normalized spacial score (nSPS) is 16.3. The third kappa shape index (κ3) is 5.34. The molecule has 1 saturated heterocycles. The second-order valence-electron chi connectivity index (χ2n) is 6.18. The number of amides is 1. The number of anilines is 1. The summed E-state index contributed by atoms with van der Waals surface area (Å²) in [7, 11) is 0. The third-order valence-corrected chi connectivity index (χ3v) is 6.85. The number of nitrogens with one attached hydrogen (secondary N) is 1. The first-order chi connectivity index (χ1) is 12.0. The Balaban J connectivity index is 1.42. The molecule has 0 aromatic carbocycles. The molecule has 0 radical (unpaired) electrons. The molecular weight excluding hydrogens is 420 g/mol. The SMILES string of the molecule is CCc1nc(NC(=O)CN2CCN(Cc3ccc(Br)s3)CC2)sc1C. The summed E-state index contributed by atoms with van der Waals surface area (Å²) in [6.07, 6.45) is 0.904. The van der Waals surface area contributed by atoms with Crippen LogP contribution in [-0.2, 0) is 17.8 Å². The largest absolute Gasteiger partial charge is 0.301 e. The van der Waals surface area contributed by atoms with Crippen LogP contribution in [0.5, 0.6) is 0 Å². The molecule has 3 heterocycles. The number of thiazole rings is 1. The predicted molar refractivity (Wildman–Crippen MR) is 109 cm³/mol. The van der Waals surface area contributed by atoms with Gasteiger partial charge in [-0.05, 0) is 41.4 Å². The average molecular weight is 443 g/mol. The molecule has 0 spiro atoms. The number of hydrogen-bond donors (Lipinski definition) is 1. The minimum absolute atomic E-state index is 0.0343. The lowest BCUT2D eigenvalue weighted by Crippen LogP contribution is -2.48. The molecule has 1 N–H and O–H groups in total. The summed E-state index contributed by atoms with van der Waals surface area (Å²) >= 11 is 6.87. The van der Waals surface area contributed by atoms with Crippen molar-refractivity contribution in [3.05, 3.63) is 31.4 Å². The average Bonchev–Trinajstić information content (AvgIpc) is 3.14. The van der Waals surface area contributed by atoms with Gasteiger partial charge in [-0.1, -0.05) is 6.92 Å². The Morgan fingerprint density at radius 3 is 2.56 bits per heavy atom. The molecule has 136 valence electrons. The molecule has 2 aromatic rings. The predicted octanol–water partition coefficient (Wildman–Crippen LogP) is 3.59. The number of carbonyl (C=O) groups excluding carboxylic acids is 1. The van der Waals surface area contributed by atoms with Crippen LogP contribution < -0.4 is 5.32 Å².